The molecule has 0 aliphatic carbocycles. The summed E-state index contributed by atoms with van der Waals surface area (Å²) >= 11 is 6.65. The molecule has 3 heterocycles. The van der Waals surface area contributed by atoms with Crippen molar-refractivity contribution >= 4 is 44.8 Å². The Hall–Kier alpha value is -3.36. The highest BCUT2D eigenvalue weighted by Gasteiger charge is 2.47. The number of amides is 1. The zero-order valence-electron chi connectivity index (χ0n) is 25.3. The number of aromatic nitrogens is 3. The first-order chi connectivity index (χ1) is 22.0. The smallest absolute Gasteiger partial charge is 0.404 e. The number of hydrogen-bond donors (Lipinski definition) is 2. The molecule has 21 heteroatoms. The third kappa shape index (κ3) is 7.60. The van der Waals surface area contributed by atoms with Crippen LogP contribution in [-0.4, -0.2) is 76.2 Å². The molecule has 1 amide bonds. The summed E-state index contributed by atoms with van der Waals surface area (Å²) in [6.07, 6.45) is -10.3. The molecular weight excluding hydrogens is 723 g/mol. The lowest BCUT2D eigenvalue weighted by Gasteiger charge is -2.22. The molecule has 1 saturated heterocycles. The van der Waals surface area contributed by atoms with E-state index in [4.69, 9.17) is 16.1 Å². The number of carbonyl (C=O) groups is 2. The van der Waals surface area contributed by atoms with Gasteiger partial charge in [-0.2, -0.15) is 22.9 Å². The number of sulfonamides is 1. The Kier molecular flexibility index (Phi) is 10.3. The largest absolute Gasteiger partial charge is 0.481 e. The van der Waals surface area contributed by atoms with Gasteiger partial charge in [0.1, 0.15) is 16.6 Å². The minimum atomic E-state index is -5.14. The maximum atomic E-state index is 14.6. The number of aliphatic carboxylic acids is 1. The lowest BCUT2D eigenvalue weighted by molar-refractivity contribution is -0.151. The third-order valence-electron chi connectivity index (χ3n) is 7.45. The van der Waals surface area contributed by atoms with E-state index in [2.05, 4.69) is 15.1 Å². The van der Waals surface area contributed by atoms with Crippen LogP contribution in [0, 0.1) is 5.41 Å². The molecule has 1 aromatic carbocycles. The van der Waals surface area contributed by atoms with E-state index >= 15 is 0 Å². The molecule has 2 N–H and O–H groups in total. The molecule has 264 valence electrons. The van der Waals surface area contributed by atoms with Gasteiger partial charge in [0.25, 0.3) is 18.3 Å². The molecule has 0 bridgehead atoms. The van der Waals surface area contributed by atoms with E-state index in [1.165, 1.54) is 25.5 Å². The van der Waals surface area contributed by atoms with Gasteiger partial charge >= 0.3 is 12.1 Å². The summed E-state index contributed by atoms with van der Waals surface area (Å²) in [5.74, 6) is -6.07. The number of carboxylic acid groups (broad SMARTS) is 1. The van der Waals surface area contributed by atoms with Gasteiger partial charge in [0.15, 0.2) is 5.01 Å². The summed E-state index contributed by atoms with van der Waals surface area (Å²) in [5.41, 5.74) is -3.75. The zero-order chi connectivity index (χ0) is 36.1. The van der Waals surface area contributed by atoms with Crippen LogP contribution in [0.25, 0.3) is 21.3 Å². The van der Waals surface area contributed by atoms with Crippen molar-refractivity contribution in [3.63, 3.8) is 0 Å². The van der Waals surface area contributed by atoms with Gasteiger partial charge in [-0.25, -0.2) is 31.0 Å². The molecule has 11 nitrogen and oxygen atoms in total. The zero-order valence-corrected chi connectivity index (χ0v) is 27.7. The first-order valence-corrected chi connectivity index (χ1v) is 16.6. The first kappa shape index (κ1) is 37.5. The SMILES string of the molecule is CC[C@H](NS(=O)(=O)c1ccc(-c2sc(-c3noc(CC(C)(C)C(=O)O)n3)nc2C(=O)N2CC(F)(F)C[C@@H]2C)c(C(F)F)c1Cl)C(F)(F)F. The van der Waals surface area contributed by atoms with Crippen LogP contribution in [0.4, 0.5) is 30.7 Å². The van der Waals surface area contributed by atoms with Crippen LogP contribution in [0.5, 0.6) is 0 Å². The highest BCUT2D eigenvalue weighted by atomic mass is 35.5. The number of benzene rings is 1. The molecule has 1 aliphatic heterocycles. The number of nitrogens with zero attached hydrogens (tertiary/aromatic N) is 4. The van der Waals surface area contributed by atoms with Gasteiger partial charge in [-0.3, -0.25) is 9.59 Å². The molecule has 0 spiro atoms. The van der Waals surface area contributed by atoms with Gasteiger partial charge in [-0.05, 0) is 33.3 Å². The molecule has 0 unspecified atom stereocenters. The fraction of sp³-hybridized carbons (Fsp3) is 0.519. The maximum absolute atomic E-state index is 14.6. The van der Waals surface area contributed by atoms with Crippen molar-refractivity contribution in [2.45, 2.75) is 82.5 Å². The van der Waals surface area contributed by atoms with Crippen molar-refractivity contribution in [3.05, 3.63) is 34.3 Å². The van der Waals surface area contributed by atoms with E-state index in [-0.39, 0.29) is 23.1 Å². The van der Waals surface area contributed by atoms with Crippen LogP contribution < -0.4 is 4.72 Å². The number of nitrogens with one attached hydrogen (secondary N) is 1. The van der Waals surface area contributed by atoms with Gasteiger partial charge in [-0.15, -0.1) is 11.3 Å². The average Bonchev–Trinajstić information content (AvgIpc) is 3.66. The van der Waals surface area contributed by atoms with E-state index < -0.39 is 109 Å². The Morgan fingerprint density at radius 1 is 1.23 bits per heavy atom. The molecule has 0 radical (unpaired) electrons. The van der Waals surface area contributed by atoms with Gasteiger partial charge in [-0.1, -0.05) is 29.7 Å². The molecule has 0 saturated carbocycles. The van der Waals surface area contributed by atoms with E-state index in [0.29, 0.717) is 17.4 Å². The summed E-state index contributed by atoms with van der Waals surface area (Å²) in [4.78, 5) is 32.7. The molecule has 1 fully saturated rings. The van der Waals surface area contributed by atoms with Crippen LogP contribution >= 0.6 is 22.9 Å². The second kappa shape index (κ2) is 13.2. The Morgan fingerprint density at radius 2 is 1.88 bits per heavy atom. The minimum Gasteiger partial charge on any atom is -0.481 e. The van der Waals surface area contributed by atoms with Crippen molar-refractivity contribution < 1.29 is 58.4 Å². The molecule has 48 heavy (non-hydrogen) atoms. The van der Waals surface area contributed by atoms with Crippen molar-refractivity contribution in [1.82, 2.24) is 24.7 Å². The summed E-state index contributed by atoms with van der Waals surface area (Å²) in [7, 11) is -5.14. The molecular formula is C27H27ClF7N5O6S2. The third-order valence-corrected chi connectivity index (χ3v) is 10.6. The van der Waals surface area contributed by atoms with Crippen LogP contribution in [0.3, 0.4) is 0 Å². The summed E-state index contributed by atoms with van der Waals surface area (Å²) in [6.45, 7) is 4.11. The predicted octanol–water partition coefficient (Wildman–Crippen LogP) is 6.59. The lowest BCUT2D eigenvalue weighted by atomic mass is 9.90. The lowest BCUT2D eigenvalue weighted by Crippen LogP contribution is -2.44. The predicted molar refractivity (Wildman–Crippen MR) is 156 cm³/mol. The van der Waals surface area contributed by atoms with E-state index in [1.54, 1.807) is 0 Å². The number of thiazole rings is 1. The number of carbonyl (C=O) groups excluding carboxylic acids is 1. The Morgan fingerprint density at radius 3 is 2.40 bits per heavy atom. The number of alkyl halides is 7. The standard InChI is InChI=1S/C27H27ClF7N5O6S2/c1-5-14(27(33,34)35)39-48(44,45)13-7-6-12(16(17(13)28)20(29)30)19-18(23(41)40-10-26(31,32)8-11(40)2)37-22(47-19)21-36-15(46-38-21)9-25(3,4)24(42)43/h6-7,11,14,20,39H,5,8-10H2,1-4H3,(H,42,43)/t11-,14-/m0/s1. The number of halogens is 8. The summed E-state index contributed by atoms with van der Waals surface area (Å²) in [5, 5.41) is 11.7. The highest BCUT2D eigenvalue weighted by Crippen LogP contribution is 2.45. The molecule has 2 aromatic heterocycles. The topological polar surface area (TPSA) is 156 Å². The average molecular weight is 750 g/mol. The van der Waals surface area contributed by atoms with Crippen LogP contribution in [0.1, 0.15) is 68.9 Å². The van der Waals surface area contributed by atoms with Gasteiger partial charge in [0.05, 0.1) is 21.9 Å². The van der Waals surface area contributed by atoms with Crippen LogP contribution in [0.2, 0.25) is 5.02 Å². The van der Waals surface area contributed by atoms with E-state index in [0.717, 1.165) is 17.9 Å². The van der Waals surface area contributed by atoms with E-state index in [1.807, 2.05) is 0 Å². The monoisotopic (exact) mass is 749 g/mol. The van der Waals surface area contributed by atoms with Crippen molar-refractivity contribution in [1.29, 1.82) is 0 Å². The molecule has 1 aliphatic rings. The maximum Gasteiger partial charge on any atom is 0.404 e. The summed E-state index contributed by atoms with van der Waals surface area (Å²) < 4.78 is 130. The number of rotatable bonds is 11. The normalized spacial score (nSPS) is 17.7. The Labute approximate surface area is 277 Å². The van der Waals surface area contributed by atoms with Gasteiger partial charge < -0.3 is 14.5 Å². The van der Waals surface area contributed by atoms with Crippen molar-refractivity contribution in [3.8, 4) is 21.3 Å². The molecule has 3 aromatic rings. The Balaban J connectivity index is 1.88. The van der Waals surface area contributed by atoms with Gasteiger partial charge in [0.2, 0.25) is 21.7 Å². The second-order valence-electron chi connectivity index (χ2n) is 11.7. The number of carboxylic acids is 1. The fourth-order valence-electron chi connectivity index (χ4n) is 4.85. The molecule has 4 rings (SSSR count). The first-order valence-electron chi connectivity index (χ1n) is 13.9. The Bertz CT molecular complexity index is 1830. The quantitative estimate of drug-likeness (QED) is 0.207. The highest BCUT2D eigenvalue weighted by molar-refractivity contribution is 7.89. The van der Waals surface area contributed by atoms with Crippen LogP contribution in [0.15, 0.2) is 21.6 Å². The van der Waals surface area contributed by atoms with Gasteiger partial charge in [0, 0.05) is 30.0 Å². The molecule has 2 atom stereocenters. The summed E-state index contributed by atoms with van der Waals surface area (Å²) in [6, 6.07) is -2.14. The fourth-order valence-corrected chi connectivity index (χ4v) is 7.82. The second-order valence-corrected chi connectivity index (χ2v) is 14.7. The van der Waals surface area contributed by atoms with Crippen molar-refractivity contribution in [2.24, 2.45) is 5.41 Å². The minimum absolute atomic E-state index is 0.169. The number of hydrogen-bond acceptors (Lipinski definition) is 9. The van der Waals surface area contributed by atoms with Crippen molar-refractivity contribution in [2.75, 3.05) is 6.54 Å². The van der Waals surface area contributed by atoms with Crippen LogP contribution in [-0.2, 0) is 21.2 Å². The number of likely N-dealkylation sites (tertiary alicyclic amines) is 1. The van der Waals surface area contributed by atoms with E-state index in [9.17, 15) is 53.8 Å².